The predicted molar refractivity (Wildman–Crippen MR) is 56.7 cm³/mol. The molecular formula is C9H14F2N4O. The summed E-state index contributed by atoms with van der Waals surface area (Å²) in [6.07, 6.45) is 1.28. The van der Waals surface area contributed by atoms with Crippen molar-refractivity contribution in [2.75, 3.05) is 30.3 Å². The molecule has 0 fully saturated rings. The Kier molecular flexibility index (Phi) is 4.36. The van der Waals surface area contributed by atoms with Crippen molar-refractivity contribution in [1.29, 1.82) is 0 Å². The number of halogens is 2. The Labute approximate surface area is 91.9 Å². The molecule has 0 atom stereocenters. The van der Waals surface area contributed by atoms with Crippen molar-refractivity contribution in [2.24, 2.45) is 0 Å². The smallest absolute Gasteiger partial charge is 0.287 e. The molecule has 5 nitrogen and oxygen atoms in total. The molecule has 1 aromatic heterocycles. The molecule has 0 amide bonds. The third-order valence-electron chi connectivity index (χ3n) is 1.78. The van der Waals surface area contributed by atoms with Gasteiger partial charge in [0, 0.05) is 12.6 Å². The van der Waals surface area contributed by atoms with Gasteiger partial charge in [0.25, 0.3) is 5.92 Å². The minimum Gasteiger partial charge on any atom is -0.390 e. The van der Waals surface area contributed by atoms with Gasteiger partial charge in [-0.25, -0.2) is 18.7 Å². The summed E-state index contributed by atoms with van der Waals surface area (Å²) in [6.45, 7) is 0.732. The maximum atomic E-state index is 12.7. The van der Waals surface area contributed by atoms with Crippen LogP contribution in [0, 0.1) is 0 Å². The molecule has 0 spiro atoms. The quantitative estimate of drug-likeness (QED) is 0.681. The van der Waals surface area contributed by atoms with Gasteiger partial charge in [-0.15, -0.1) is 0 Å². The number of aliphatic hydroxyl groups is 1. The van der Waals surface area contributed by atoms with Crippen molar-refractivity contribution < 1.29 is 13.9 Å². The van der Waals surface area contributed by atoms with Crippen molar-refractivity contribution in [3.8, 4) is 0 Å². The molecule has 1 heterocycles. The van der Waals surface area contributed by atoms with Crippen LogP contribution in [-0.2, 0) is 0 Å². The normalized spacial score (nSPS) is 11.2. The van der Waals surface area contributed by atoms with Gasteiger partial charge < -0.3 is 15.7 Å². The molecule has 0 unspecified atom stereocenters. The zero-order valence-electron chi connectivity index (χ0n) is 8.87. The zero-order chi connectivity index (χ0) is 12.0. The minimum atomic E-state index is -3.15. The molecular weight excluding hydrogens is 218 g/mol. The Morgan fingerprint density at radius 3 is 2.50 bits per heavy atom. The number of alkyl halides is 2. The third kappa shape index (κ3) is 3.93. The van der Waals surface area contributed by atoms with E-state index >= 15 is 0 Å². The third-order valence-corrected chi connectivity index (χ3v) is 1.78. The van der Waals surface area contributed by atoms with Crippen LogP contribution in [0.5, 0.6) is 0 Å². The van der Waals surface area contributed by atoms with E-state index in [9.17, 15) is 8.78 Å². The lowest BCUT2D eigenvalue weighted by Crippen LogP contribution is -2.31. The van der Waals surface area contributed by atoms with Crippen molar-refractivity contribution in [2.45, 2.75) is 12.8 Å². The van der Waals surface area contributed by atoms with Gasteiger partial charge in [-0.3, -0.25) is 0 Å². The minimum absolute atomic E-state index is 0.291. The number of anilines is 2. The number of nitrogens with zero attached hydrogens (tertiary/aromatic N) is 2. The van der Waals surface area contributed by atoms with E-state index in [-0.39, 0.29) is 0 Å². The molecule has 0 radical (unpaired) electrons. The Balaban J connectivity index is 2.57. The highest BCUT2D eigenvalue weighted by Crippen LogP contribution is 2.14. The molecule has 3 N–H and O–H groups in total. The van der Waals surface area contributed by atoms with Crippen LogP contribution in [0.4, 0.5) is 20.4 Å². The van der Waals surface area contributed by atoms with Gasteiger partial charge in [-0.1, -0.05) is 0 Å². The highest BCUT2D eigenvalue weighted by Gasteiger charge is 2.27. The van der Waals surface area contributed by atoms with Crippen LogP contribution in [0.2, 0.25) is 0 Å². The molecule has 7 heteroatoms. The average molecular weight is 232 g/mol. The first-order valence-corrected chi connectivity index (χ1v) is 4.86. The van der Waals surface area contributed by atoms with Crippen LogP contribution in [0.25, 0.3) is 0 Å². The van der Waals surface area contributed by atoms with E-state index in [2.05, 4.69) is 20.6 Å². The second kappa shape index (κ2) is 5.55. The van der Waals surface area contributed by atoms with Gasteiger partial charge in [0.15, 0.2) is 0 Å². The van der Waals surface area contributed by atoms with Gasteiger partial charge in [0.05, 0.1) is 6.54 Å². The van der Waals surface area contributed by atoms with E-state index in [1.165, 1.54) is 12.4 Å². The molecule has 0 aliphatic carbocycles. The first-order chi connectivity index (χ1) is 7.57. The highest BCUT2D eigenvalue weighted by molar-refractivity contribution is 5.46. The number of nitrogens with one attached hydrogen (secondary N) is 2. The van der Waals surface area contributed by atoms with E-state index < -0.39 is 19.1 Å². The van der Waals surface area contributed by atoms with Crippen LogP contribution in [0.3, 0.4) is 0 Å². The predicted octanol–water partition coefficient (Wildman–Crippen LogP) is 0.948. The fourth-order valence-corrected chi connectivity index (χ4v) is 1.01. The molecule has 16 heavy (non-hydrogen) atoms. The fraction of sp³-hybridized carbons (Fsp3) is 0.556. The summed E-state index contributed by atoms with van der Waals surface area (Å²) in [5, 5.41) is 13.7. The van der Waals surface area contributed by atoms with Gasteiger partial charge in [0.1, 0.15) is 24.6 Å². The number of rotatable bonds is 6. The Hall–Kier alpha value is -1.50. The average Bonchev–Trinajstić information content (AvgIpc) is 2.28. The Bertz CT molecular complexity index is 335. The lowest BCUT2D eigenvalue weighted by molar-refractivity contribution is -0.0373. The summed E-state index contributed by atoms with van der Waals surface area (Å²) in [6, 6.07) is 1.52. The number of hydrogen-bond donors (Lipinski definition) is 3. The van der Waals surface area contributed by atoms with Gasteiger partial charge in [-0.2, -0.15) is 0 Å². The Morgan fingerprint density at radius 1 is 1.31 bits per heavy atom. The van der Waals surface area contributed by atoms with Crippen molar-refractivity contribution in [3.05, 3.63) is 12.4 Å². The molecule has 0 saturated heterocycles. The molecule has 0 aliphatic heterocycles. The standard InChI is InChI=1S/C9H14F2N4O/c1-2-12-7-3-8(15-6-14-7)13-4-9(10,11)5-16/h3,6,16H,2,4-5H2,1H3,(H2,12,13,14,15). The molecule has 0 aliphatic rings. The maximum absolute atomic E-state index is 12.7. The summed E-state index contributed by atoms with van der Waals surface area (Å²) < 4.78 is 25.4. The summed E-state index contributed by atoms with van der Waals surface area (Å²) >= 11 is 0. The molecule has 90 valence electrons. The van der Waals surface area contributed by atoms with Crippen molar-refractivity contribution in [3.63, 3.8) is 0 Å². The zero-order valence-corrected chi connectivity index (χ0v) is 8.87. The van der Waals surface area contributed by atoms with Crippen LogP contribution >= 0.6 is 0 Å². The number of aromatic nitrogens is 2. The monoisotopic (exact) mass is 232 g/mol. The second-order valence-corrected chi connectivity index (χ2v) is 3.19. The maximum Gasteiger partial charge on any atom is 0.287 e. The highest BCUT2D eigenvalue weighted by atomic mass is 19.3. The first-order valence-electron chi connectivity index (χ1n) is 4.86. The van der Waals surface area contributed by atoms with Crippen molar-refractivity contribution >= 4 is 11.6 Å². The van der Waals surface area contributed by atoms with Crippen LogP contribution in [0.1, 0.15) is 6.92 Å². The van der Waals surface area contributed by atoms with E-state index in [1.807, 2.05) is 6.92 Å². The lowest BCUT2D eigenvalue weighted by Gasteiger charge is -2.14. The first kappa shape index (κ1) is 12.6. The Morgan fingerprint density at radius 2 is 1.94 bits per heavy atom. The lowest BCUT2D eigenvalue weighted by atomic mass is 10.3. The molecule has 1 rings (SSSR count). The largest absolute Gasteiger partial charge is 0.390 e. The van der Waals surface area contributed by atoms with E-state index in [4.69, 9.17) is 5.11 Å². The summed E-state index contributed by atoms with van der Waals surface area (Å²) in [5.41, 5.74) is 0. The van der Waals surface area contributed by atoms with Crippen molar-refractivity contribution in [1.82, 2.24) is 9.97 Å². The number of aliphatic hydroxyl groups excluding tert-OH is 1. The summed E-state index contributed by atoms with van der Waals surface area (Å²) in [4.78, 5) is 7.68. The molecule has 0 aromatic carbocycles. The molecule has 0 saturated carbocycles. The molecule has 1 aromatic rings. The van der Waals surface area contributed by atoms with Crippen LogP contribution in [-0.4, -0.2) is 40.7 Å². The van der Waals surface area contributed by atoms with Gasteiger partial charge in [0.2, 0.25) is 0 Å². The van der Waals surface area contributed by atoms with E-state index in [0.29, 0.717) is 18.2 Å². The summed E-state index contributed by atoms with van der Waals surface area (Å²) in [5.74, 6) is -2.30. The summed E-state index contributed by atoms with van der Waals surface area (Å²) in [7, 11) is 0. The van der Waals surface area contributed by atoms with Gasteiger partial charge in [-0.05, 0) is 6.92 Å². The van der Waals surface area contributed by atoms with Crippen LogP contribution in [0.15, 0.2) is 12.4 Å². The van der Waals surface area contributed by atoms with Gasteiger partial charge >= 0.3 is 0 Å². The van der Waals surface area contributed by atoms with Crippen LogP contribution < -0.4 is 10.6 Å². The van der Waals surface area contributed by atoms with E-state index in [1.54, 1.807) is 0 Å². The molecule has 0 bridgehead atoms. The second-order valence-electron chi connectivity index (χ2n) is 3.19. The fourth-order valence-electron chi connectivity index (χ4n) is 1.01. The van der Waals surface area contributed by atoms with E-state index in [0.717, 1.165) is 0 Å². The topological polar surface area (TPSA) is 70.1 Å². The SMILES string of the molecule is CCNc1cc(NCC(F)(F)CO)ncn1. The number of hydrogen-bond acceptors (Lipinski definition) is 5.